The van der Waals surface area contributed by atoms with Gasteiger partial charge in [-0.25, -0.2) is 9.97 Å². The number of hydrogen-bond acceptors (Lipinski definition) is 2. The minimum atomic E-state index is 1.05. The molecule has 2 aromatic rings. The van der Waals surface area contributed by atoms with Gasteiger partial charge in [-0.05, 0) is 70.0 Å². The topological polar surface area (TPSA) is 25.8 Å². The highest BCUT2D eigenvalue weighted by Gasteiger charge is 2.06. The molecule has 17 heavy (non-hydrogen) atoms. The van der Waals surface area contributed by atoms with Crippen molar-refractivity contribution in [3.63, 3.8) is 0 Å². The van der Waals surface area contributed by atoms with E-state index in [-0.39, 0.29) is 0 Å². The summed E-state index contributed by atoms with van der Waals surface area (Å²) < 4.78 is 2.16. The van der Waals surface area contributed by atoms with Crippen molar-refractivity contribution in [2.24, 2.45) is 0 Å². The quantitative estimate of drug-likeness (QED) is 0.523. The maximum absolute atomic E-state index is 4.24. The Balaban J connectivity index is 1.95. The van der Waals surface area contributed by atoms with Crippen molar-refractivity contribution in [1.29, 1.82) is 0 Å². The Morgan fingerprint density at radius 1 is 0.882 bits per heavy atom. The van der Waals surface area contributed by atoms with Crippen LogP contribution in [0.15, 0.2) is 36.7 Å². The van der Waals surface area contributed by atoms with Crippen molar-refractivity contribution < 1.29 is 0 Å². The van der Waals surface area contributed by atoms with Crippen LogP contribution in [0.1, 0.15) is 17.5 Å². The minimum absolute atomic E-state index is 1.05. The van der Waals surface area contributed by atoms with Gasteiger partial charge in [-0.1, -0.05) is 30.3 Å². The van der Waals surface area contributed by atoms with Crippen molar-refractivity contribution in [2.75, 3.05) is 0 Å². The summed E-state index contributed by atoms with van der Waals surface area (Å²) >= 11 is 4.57. The van der Waals surface area contributed by atoms with Crippen LogP contribution in [0, 0.1) is 7.40 Å². The van der Waals surface area contributed by atoms with Crippen LogP contribution in [0.4, 0.5) is 0 Å². The SMILES string of the molecule is Ic1ncnc(I)c1CCCc1ccccc1. The van der Waals surface area contributed by atoms with Gasteiger partial charge in [0.05, 0.1) is 0 Å². The molecule has 0 atom stereocenters. The van der Waals surface area contributed by atoms with Gasteiger partial charge in [0.1, 0.15) is 13.7 Å². The Kier molecular flexibility index (Phi) is 5.15. The maximum atomic E-state index is 4.24. The summed E-state index contributed by atoms with van der Waals surface area (Å²) in [6.45, 7) is 0. The molecule has 0 saturated heterocycles. The molecule has 0 fully saturated rings. The third kappa shape index (κ3) is 3.87. The molecule has 0 bridgehead atoms. The monoisotopic (exact) mass is 450 g/mol. The maximum Gasteiger partial charge on any atom is 0.117 e. The van der Waals surface area contributed by atoms with Crippen molar-refractivity contribution >= 4 is 45.2 Å². The van der Waals surface area contributed by atoms with E-state index in [1.807, 2.05) is 0 Å². The molecule has 0 spiro atoms. The fourth-order valence-corrected chi connectivity index (χ4v) is 3.51. The first-order chi connectivity index (χ1) is 8.27. The van der Waals surface area contributed by atoms with Crippen LogP contribution in [0.25, 0.3) is 0 Å². The number of hydrogen-bond donors (Lipinski definition) is 0. The van der Waals surface area contributed by atoms with E-state index >= 15 is 0 Å². The number of aromatic nitrogens is 2. The van der Waals surface area contributed by atoms with E-state index in [1.165, 1.54) is 11.1 Å². The molecule has 4 heteroatoms. The molecule has 0 saturated carbocycles. The summed E-state index contributed by atoms with van der Waals surface area (Å²) in [6.07, 6.45) is 4.93. The molecular weight excluding hydrogens is 438 g/mol. The summed E-state index contributed by atoms with van der Waals surface area (Å²) in [5, 5.41) is 0. The van der Waals surface area contributed by atoms with Gasteiger partial charge in [-0.2, -0.15) is 0 Å². The van der Waals surface area contributed by atoms with Crippen molar-refractivity contribution in [3.05, 3.63) is 55.2 Å². The smallest absolute Gasteiger partial charge is 0.117 e. The lowest BCUT2D eigenvalue weighted by Crippen LogP contribution is -2.00. The molecule has 1 heterocycles. The summed E-state index contributed by atoms with van der Waals surface area (Å²) in [6, 6.07) is 10.6. The van der Waals surface area contributed by atoms with Gasteiger partial charge in [0.15, 0.2) is 0 Å². The van der Waals surface area contributed by atoms with Gasteiger partial charge >= 0.3 is 0 Å². The van der Waals surface area contributed by atoms with Gasteiger partial charge in [0.25, 0.3) is 0 Å². The number of benzene rings is 1. The van der Waals surface area contributed by atoms with Gasteiger partial charge in [-0.15, -0.1) is 0 Å². The second kappa shape index (κ2) is 6.63. The van der Waals surface area contributed by atoms with Crippen LogP contribution in [0.3, 0.4) is 0 Å². The molecule has 0 aliphatic rings. The van der Waals surface area contributed by atoms with Crippen molar-refractivity contribution in [2.45, 2.75) is 19.3 Å². The second-order valence-electron chi connectivity index (χ2n) is 3.77. The van der Waals surface area contributed by atoms with Crippen LogP contribution in [0.2, 0.25) is 0 Å². The average molecular weight is 450 g/mol. The first-order valence-corrected chi connectivity index (χ1v) is 7.62. The van der Waals surface area contributed by atoms with Gasteiger partial charge in [0.2, 0.25) is 0 Å². The number of nitrogens with zero attached hydrogens (tertiary/aromatic N) is 2. The lowest BCUT2D eigenvalue weighted by Gasteiger charge is -2.05. The van der Waals surface area contributed by atoms with Crippen LogP contribution in [0.5, 0.6) is 0 Å². The molecule has 0 N–H and O–H groups in total. The number of aryl methyl sites for hydroxylation is 1. The second-order valence-corrected chi connectivity index (χ2v) is 5.82. The molecule has 2 nitrogen and oxygen atoms in total. The fraction of sp³-hybridized carbons (Fsp3) is 0.231. The number of rotatable bonds is 4. The normalized spacial score (nSPS) is 10.5. The van der Waals surface area contributed by atoms with Crippen LogP contribution >= 0.6 is 45.2 Å². The van der Waals surface area contributed by atoms with Crippen molar-refractivity contribution in [1.82, 2.24) is 9.97 Å². The molecule has 0 unspecified atom stereocenters. The fourth-order valence-electron chi connectivity index (χ4n) is 1.69. The summed E-state index contributed by atoms with van der Waals surface area (Å²) in [5.74, 6) is 0. The van der Waals surface area contributed by atoms with E-state index in [2.05, 4.69) is 85.5 Å². The zero-order chi connectivity index (χ0) is 12.1. The van der Waals surface area contributed by atoms with E-state index in [0.29, 0.717) is 0 Å². The largest absolute Gasteiger partial charge is 0.230 e. The predicted molar refractivity (Wildman–Crippen MR) is 85.9 cm³/mol. The van der Waals surface area contributed by atoms with Crippen LogP contribution in [-0.2, 0) is 12.8 Å². The van der Waals surface area contributed by atoms with Crippen molar-refractivity contribution in [3.8, 4) is 0 Å². The lowest BCUT2D eigenvalue weighted by atomic mass is 10.1. The molecular formula is C13H12I2N2. The first-order valence-electron chi connectivity index (χ1n) is 5.46. The molecule has 2 rings (SSSR count). The average Bonchev–Trinajstić information content (AvgIpc) is 2.34. The highest BCUT2D eigenvalue weighted by Crippen LogP contribution is 2.17. The Labute approximate surface area is 129 Å². The molecule has 1 aromatic carbocycles. The Hall–Kier alpha value is -0.240. The van der Waals surface area contributed by atoms with Crippen LogP contribution < -0.4 is 0 Å². The Morgan fingerprint density at radius 2 is 1.53 bits per heavy atom. The zero-order valence-electron chi connectivity index (χ0n) is 9.24. The minimum Gasteiger partial charge on any atom is -0.230 e. The standard InChI is InChI=1S/C13H12I2N2/c14-12-11(13(15)17-9-16-12)8-4-7-10-5-2-1-3-6-10/h1-3,5-6,9H,4,7-8H2. The summed E-state index contributed by atoms with van der Waals surface area (Å²) in [4.78, 5) is 8.47. The van der Waals surface area contributed by atoms with E-state index in [0.717, 1.165) is 26.7 Å². The molecule has 1 aromatic heterocycles. The summed E-state index contributed by atoms with van der Waals surface area (Å²) in [7, 11) is 0. The number of halogens is 2. The molecule has 0 aliphatic carbocycles. The highest BCUT2D eigenvalue weighted by atomic mass is 127. The van der Waals surface area contributed by atoms with E-state index in [9.17, 15) is 0 Å². The highest BCUT2D eigenvalue weighted by molar-refractivity contribution is 14.1. The molecule has 0 amide bonds. The zero-order valence-corrected chi connectivity index (χ0v) is 13.6. The molecule has 88 valence electrons. The van der Waals surface area contributed by atoms with E-state index < -0.39 is 0 Å². The van der Waals surface area contributed by atoms with E-state index in [4.69, 9.17) is 0 Å². The third-order valence-corrected chi connectivity index (χ3v) is 4.43. The van der Waals surface area contributed by atoms with Crippen LogP contribution in [-0.4, -0.2) is 9.97 Å². The Morgan fingerprint density at radius 3 is 2.18 bits per heavy atom. The molecule has 0 radical (unpaired) electrons. The third-order valence-electron chi connectivity index (χ3n) is 2.58. The lowest BCUT2D eigenvalue weighted by molar-refractivity contribution is 0.800. The first kappa shape index (κ1) is 13.2. The van der Waals surface area contributed by atoms with Gasteiger partial charge < -0.3 is 0 Å². The van der Waals surface area contributed by atoms with E-state index in [1.54, 1.807) is 6.33 Å². The van der Waals surface area contributed by atoms with Gasteiger partial charge in [0, 0.05) is 5.56 Å². The predicted octanol–water partition coefficient (Wildman–Crippen LogP) is 3.86. The summed E-state index contributed by atoms with van der Waals surface area (Å²) in [5.41, 5.74) is 2.68. The Bertz CT molecular complexity index is 466. The van der Waals surface area contributed by atoms with Gasteiger partial charge in [-0.3, -0.25) is 0 Å². The molecule has 0 aliphatic heterocycles.